The van der Waals surface area contributed by atoms with Gasteiger partial charge in [0.25, 0.3) is 0 Å². The van der Waals surface area contributed by atoms with E-state index in [9.17, 15) is 0 Å². The van der Waals surface area contributed by atoms with Crippen LogP contribution in [0.2, 0.25) is 0 Å². The molecule has 0 spiro atoms. The second-order valence-corrected chi connectivity index (χ2v) is 4.17. The van der Waals surface area contributed by atoms with Crippen molar-refractivity contribution in [2.75, 3.05) is 18.0 Å². The lowest BCUT2D eigenvalue weighted by atomic mass is 10.1. The van der Waals surface area contributed by atoms with Gasteiger partial charge >= 0.3 is 0 Å². The number of hydrogen-bond acceptors (Lipinski definition) is 3. The monoisotopic (exact) mass is 239 g/mol. The van der Waals surface area contributed by atoms with Crippen molar-refractivity contribution in [1.29, 1.82) is 5.26 Å². The second kappa shape index (κ2) is 5.50. The molecule has 18 heavy (non-hydrogen) atoms. The molecule has 2 aromatic rings. The van der Waals surface area contributed by atoms with E-state index in [0.29, 0.717) is 6.42 Å². The summed E-state index contributed by atoms with van der Waals surface area (Å²) in [5.41, 5.74) is 2.00. The normalized spacial score (nSPS) is 10.3. The predicted octanol–water partition coefficient (Wildman–Crippen LogP) is 3.15. The number of rotatable bonds is 4. The van der Waals surface area contributed by atoms with Crippen molar-refractivity contribution in [1.82, 2.24) is 4.98 Å². The van der Waals surface area contributed by atoms with Crippen molar-refractivity contribution in [3.05, 3.63) is 35.9 Å². The van der Waals surface area contributed by atoms with E-state index in [2.05, 4.69) is 30.9 Å². The first-order chi connectivity index (χ1) is 8.80. The maximum atomic E-state index is 8.95. The SMILES string of the molecule is CCN(CC)c1nc2ccccc2cc1CC#N. The molecule has 0 bridgehead atoms. The molecular formula is C15H17N3. The van der Waals surface area contributed by atoms with Crippen LogP contribution in [0.15, 0.2) is 30.3 Å². The minimum atomic E-state index is 0.406. The second-order valence-electron chi connectivity index (χ2n) is 4.17. The maximum absolute atomic E-state index is 8.95. The van der Waals surface area contributed by atoms with Crippen LogP contribution in [-0.4, -0.2) is 18.1 Å². The molecular weight excluding hydrogens is 222 g/mol. The number of fused-ring (bicyclic) bond motifs is 1. The van der Waals surface area contributed by atoms with Gasteiger partial charge in [0, 0.05) is 24.0 Å². The van der Waals surface area contributed by atoms with Gasteiger partial charge < -0.3 is 4.90 Å². The fourth-order valence-electron chi connectivity index (χ4n) is 2.16. The van der Waals surface area contributed by atoms with Gasteiger partial charge in [-0.15, -0.1) is 0 Å². The zero-order chi connectivity index (χ0) is 13.0. The highest BCUT2D eigenvalue weighted by molar-refractivity contribution is 5.82. The number of anilines is 1. The molecule has 1 aromatic carbocycles. The molecule has 1 aromatic heterocycles. The summed E-state index contributed by atoms with van der Waals surface area (Å²) in [6.45, 7) is 6.02. The van der Waals surface area contributed by atoms with Crippen molar-refractivity contribution in [2.45, 2.75) is 20.3 Å². The summed E-state index contributed by atoms with van der Waals surface area (Å²) >= 11 is 0. The molecule has 0 radical (unpaired) electrons. The Bertz CT molecular complexity index is 580. The van der Waals surface area contributed by atoms with Gasteiger partial charge in [0.2, 0.25) is 0 Å². The third kappa shape index (κ3) is 2.28. The number of para-hydroxylation sites is 1. The van der Waals surface area contributed by atoms with Gasteiger partial charge in [0.1, 0.15) is 5.82 Å². The average molecular weight is 239 g/mol. The van der Waals surface area contributed by atoms with Crippen molar-refractivity contribution in [3.8, 4) is 6.07 Å². The van der Waals surface area contributed by atoms with Crippen LogP contribution in [0.5, 0.6) is 0 Å². The molecule has 3 heteroatoms. The maximum Gasteiger partial charge on any atom is 0.133 e. The number of nitriles is 1. The first-order valence-corrected chi connectivity index (χ1v) is 6.30. The summed E-state index contributed by atoms with van der Waals surface area (Å²) in [6, 6.07) is 12.3. The molecule has 1 heterocycles. The minimum absolute atomic E-state index is 0.406. The summed E-state index contributed by atoms with van der Waals surface area (Å²) in [7, 11) is 0. The number of aromatic nitrogens is 1. The van der Waals surface area contributed by atoms with Crippen molar-refractivity contribution >= 4 is 16.7 Å². The Kier molecular flexibility index (Phi) is 3.78. The summed E-state index contributed by atoms with van der Waals surface area (Å²) in [6.07, 6.45) is 0.406. The fraction of sp³-hybridized carbons (Fsp3) is 0.333. The predicted molar refractivity (Wildman–Crippen MR) is 74.6 cm³/mol. The molecule has 0 N–H and O–H groups in total. The Morgan fingerprint density at radius 1 is 1.22 bits per heavy atom. The van der Waals surface area contributed by atoms with E-state index >= 15 is 0 Å². The molecule has 0 saturated carbocycles. The van der Waals surface area contributed by atoms with Gasteiger partial charge in [-0.3, -0.25) is 0 Å². The van der Waals surface area contributed by atoms with Crippen LogP contribution in [0.25, 0.3) is 10.9 Å². The van der Waals surface area contributed by atoms with Crippen molar-refractivity contribution in [2.24, 2.45) is 0 Å². The zero-order valence-electron chi connectivity index (χ0n) is 10.8. The van der Waals surface area contributed by atoms with Crippen molar-refractivity contribution < 1.29 is 0 Å². The Labute approximate surface area is 108 Å². The number of nitrogens with zero attached hydrogens (tertiary/aromatic N) is 3. The van der Waals surface area contributed by atoms with E-state index in [1.807, 2.05) is 24.3 Å². The summed E-state index contributed by atoms with van der Waals surface area (Å²) in [4.78, 5) is 6.90. The lowest BCUT2D eigenvalue weighted by molar-refractivity contribution is 0.841. The summed E-state index contributed by atoms with van der Waals surface area (Å²) in [5, 5.41) is 10.0. The van der Waals surface area contributed by atoms with Gasteiger partial charge in [-0.25, -0.2) is 4.98 Å². The standard InChI is InChI=1S/C15H17N3/c1-3-18(4-2)15-13(9-10-16)11-12-7-5-6-8-14(12)17-15/h5-8,11H,3-4,9H2,1-2H3. The van der Waals surface area contributed by atoms with Gasteiger partial charge in [-0.05, 0) is 26.0 Å². The summed E-state index contributed by atoms with van der Waals surface area (Å²) < 4.78 is 0. The van der Waals surface area contributed by atoms with E-state index in [1.165, 1.54) is 0 Å². The number of pyridine rings is 1. The van der Waals surface area contributed by atoms with E-state index < -0.39 is 0 Å². The van der Waals surface area contributed by atoms with Crippen LogP contribution in [0.1, 0.15) is 19.4 Å². The van der Waals surface area contributed by atoms with Gasteiger partial charge in [0.15, 0.2) is 0 Å². The highest BCUT2D eigenvalue weighted by atomic mass is 15.2. The number of hydrogen-bond donors (Lipinski definition) is 0. The largest absolute Gasteiger partial charge is 0.357 e. The molecule has 3 nitrogen and oxygen atoms in total. The third-order valence-electron chi connectivity index (χ3n) is 3.11. The highest BCUT2D eigenvalue weighted by Crippen LogP contribution is 2.23. The summed E-state index contributed by atoms with van der Waals surface area (Å²) in [5.74, 6) is 0.945. The van der Waals surface area contributed by atoms with Crippen LogP contribution in [0.3, 0.4) is 0 Å². The van der Waals surface area contributed by atoms with Crippen LogP contribution in [0, 0.1) is 11.3 Å². The molecule has 0 fully saturated rings. The average Bonchev–Trinajstić information content (AvgIpc) is 2.41. The first kappa shape index (κ1) is 12.4. The molecule has 0 amide bonds. The lowest BCUT2D eigenvalue weighted by Crippen LogP contribution is -2.24. The van der Waals surface area contributed by atoms with E-state index in [1.54, 1.807) is 0 Å². The molecule has 0 aliphatic rings. The van der Waals surface area contributed by atoms with Crippen LogP contribution < -0.4 is 4.90 Å². The Hall–Kier alpha value is -2.08. The van der Waals surface area contributed by atoms with Crippen LogP contribution >= 0.6 is 0 Å². The smallest absolute Gasteiger partial charge is 0.133 e. The van der Waals surface area contributed by atoms with E-state index in [-0.39, 0.29) is 0 Å². The minimum Gasteiger partial charge on any atom is -0.357 e. The van der Waals surface area contributed by atoms with Crippen LogP contribution in [-0.2, 0) is 6.42 Å². The molecule has 0 unspecified atom stereocenters. The lowest BCUT2D eigenvalue weighted by Gasteiger charge is -2.22. The molecule has 2 rings (SSSR count). The van der Waals surface area contributed by atoms with Crippen LogP contribution in [0.4, 0.5) is 5.82 Å². The number of benzene rings is 1. The molecule has 92 valence electrons. The quantitative estimate of drug-likeness (QED) is 0.822. The first-order valence-electron chi connectivity index (χ1n) is 6.30. The van der Waals surface area contributed by atoms with Crippen molar-refractivity contribution in [3.63, 3.8) is 0 Å². The topological polar surface area (TPSA) is 39.9 Å². The van der Waals surface area contributed by atoms with Gasteiger partial charge in [-0.2, -0.15) is 5.26 Å². The molecule has 0 saturated heterocycles. The molecule has 0 atom stereocenters. The Morgan fingerprint density at radius 3 is 2.61 bits per heavy atom. The van der Waals surface area contributed by atoms with E-state index in [4.69, 9.17) is 10.2 Å². The fourth-order valence-corrected chi connectivity index (χ4v) is 2.16. The third-order valence-corrected chi connectivity index (χ3v) is 3.11. The molecule has 0 aliphatic carbocycles. The molecule has 0 aliphatic heterocycles. The Morgan fingerprint density at radius 2 is 1.94 bits per heavy atom. The zero-order valence-corrected chi connectivity index (χ0v) is 10.8. The van der Waals surface area contributed by atoms with E-state index in [0.717, 1.165) is 35.4 Å². The highest BCUT2D eigenvalue weighted by Gasteiger charge is 2.11. The Balaban J connectivity index is 2.61. The van der Waals surface area contributed by atoms with Gasteiger partial charge in [-0.1, -0.05) is 18.2 Å². The van der Waals surface area contributed by atoms with Gasteiger partial charge in [0.05, 0.1) is 18.0 Å².